The summed E-state index contributed by atoms with van der Waals surface area (Å²) in [5, 5.41) is 12.9. The Hall–Kier alpha value is -3.82. The summed E-state index contributed by atoms with van der Waals surface area (Å²) in [6.07, 6.45) is 1.56. The normalized spacial score (nSPS) is 11.1. The van der Waals surface area contributed by atoms with Gasteiger partial charge in [-0.1, -0.05) is 23.7 Å². The minimum atomic E-state index is -0.517. The number of rotatable bonds is 5. The molecule has 0 aliphatic rings. The number of anilines is 1. The van der Waals surface area contributed by atoms with Crippen LogP contribution in [0.3, 0.4) is 0 Å². The van der Waals surface area contributed by atoms with E-state index in [4.69, 9.17) is 16.3 Å². The summed E-state index contributed by atoms with van der Waals surface area (Å²) in [7, 11) is 1.35. The molecule has 0 saturated carbocycles. The lowest BCUT2D eigenvalue weighted by atomic mass is 10.1. The van der Waals surface area contributed by atoms with Gasteiger partial charge in [0.15, 0.2) is 0 Å². The van der Waals surface area contributed by atoms with Crippen LogP contribution in [0.4, 0.5) is 5.69 Å². The Morgan fingerprint density at radius 3 is 2.45 bits per heavy atom. The average Bonchev–Trinajstić information content (AvgIpc) is 3.07. The van der Waals surface area contributed by atoms with E-state index in [9.17, 15) is 14.9 Å². The molecule has 3 rings (SSSR count). The predicted octanol–water partition coefficient (Wildman–Crippen LogP) is 5.70. The highest BCUT2D eigenvalue weighted by atomic mass is 35.5. The van der Waals surface area contributed by atoms with Crippen LogP contribution < -0.4 is 5.32 Å². The molecule has 2 aromatic carbocycles. The molecule has 0 radical (unpaired) electrons. The highest BCUT2D eigenvalue weighted by Crippen LogP contribution is 2.27. The van der Waals surface area contributed by atoms with E-state index in [-0.39, 0.29) is 5.57 Å². The Bertz CT molecular complexity index is 1330. The van der Waals surface area contributed by atoms with Crippen molar-refractivity contribution in [2.75, 3.05) is 12.4 Å². The molecule has 3 aromatic rings. The molecule has 1 amide bonds. The van der Waals surface area contributed by atoms with Gasteiger partial charge in [0.25, 0.3) is 5.91 Å². The number of aromatic nitrogens is 1. The molecule has 0 bridgehead atoms. The number of ether oxygens (including phenoxy) is 1. The monoisotopic (exact) mass is 461 g/mol. The van der Waals surface area contributed by atoms with Crippen molar-refractivity contribution in [1.82, 2.24) is 4.57 Å². The van der Waals surface area contributed by atoms with Crippen LogP contribution in [-0.4, -0.2) is 23.6 Å². The molecule has 6 nitrogen and oxygen atoms in total. The van der Waals surface area contributed by atoms with Crippen molar-refractivity contribution in [3.05, 3.63) is 86.7 Å². The molecule has 0 spiro atoms. The third-order valence-electron chi connectivity index (χ3n) is 5.60. The number of esters is 1. The third kappa shape index (κ3) is 4.69. The number of nitrogens with zero attached hydrogens (tertiary/aromatic N) is 2. The van der Waals surface area contributed by atoms with Gasteiger partial charge in [0.1, 0.15) is 11.6 Å². The van der Waals surface area contributed by atoms with Crippen molar-refractivity contribution in [3.63, 3.8) is 0 Å². The number of nitriles is 1. The summed E-state index contributed by atoms with van der Waals surface area (Å²) in [4.78, 5) is 24.9. The first-order valence-electron chi connectivity index (χ1n) is 10.2. The molecular formula is C26H24ClN3O3. The van der Waals surface area contributed by atoms with Gasteiger partial charge in [-0.05, 0) is 80.8 Å². The molecule has 0 aliphatic carbocycles. The Morgan fingerprint density at radius 2 is 1.79 bits per heavy atom. The number of hydrogen-bond acceptors (Lipinski definition) is 4. The summed E-state index contributed by atoms with van der Waals surface area (Å²) < 4.78 is 6.87. The highest BCUT2D eigenvalue weighted by Gasteiger charge is 2.18. The minimum absolute atomic E-state index is 0.0327. The second-order valence-electron chi connectivity index (χ2n) is 7.64. The number of carbonyl (C=O) groups excluding carboxylic acids is 2. The maximum atomic E-state index is 12.8. The van der Waals surface area contributed by atoms with Gasteiger partial charge in [-0.15, -0.1) is 0 Å². The summed E-state index contributed by atoms with van der Waals surface area (Å²) in [5.74, 6) is -0.923. The van der Waals surface area contributed by atoms with Crippen molar-refractivity contribution >= 4 is 35.2 Å². The number of halogens is 1. The third-order valence-corrected chi connectivity index (χ3v) is 6.01. The lowest BCUT2D eigenvalue weighted by Crippen LogP contribution is -2.14. The molecule has 0 saturated heterocycles. The number of benzene rings is 2. The van der Waals surface area contributed by atoms with Crippen LogP contribution >= 0.6 is 11.6 Å². The van der Waals surface area contributed by atoms with E-state index in [1.54, 1.807) is 43.3 Å². The number of methoxy groups -OCH3 is 1. The zero-order valence-electron chi connectivity index (χ0n) is 19.1. The van der Waals surface area contributed by atoms with E-state index >= 15 is 0 Å². The minimum Gasteiger partial charge on any atom is -0.465 e. The number of aryl methyl sites for hydroxylation is 1. The molecular weight excluding hydrogens is 438 g/mol. The van der Waals surface area contributed by atoms with Crippen molar-refractivity contribution in [3.8, 4) is 11.8 Å². The van der Waals surface area contributed by atoms with E-state index in [0.717, 1.165) is 33.8 Å². The Labute approximate surface area is 198 Å². The van der Waals surface area contributed by atoms with Crippen LogP contribution in [0, 0.1) is 39.0 Å². The fraction of sp³-hybridized carbons (Fsp3) is 0.192. The van der Waals surface area contributed by atoms with E-state index in [1.165, 1.54) is 7.11 Å². The van der Waals surface area contributed by atoms with Crippen molar-refractivity contribution in [2.45, 2.75) is 27.7 Å². The number of carbonyl (C=O) groups is 2. The highest BCUT2D eigenvalue weighted by molar-refractivity contribution is 6.31. The summed E-state index contributed by atoms with van der Waals surface area (Å²) in [6.45, 7) is 7.48. The molecule has 0 unspecified atom stereocenters. The van der Waals surface area contributed by atoms with E-state index < -0.39 is 11.9 Å². The van der Waals surface area contributed by atoms with Gasteiger partial charge in [0.2, 0.25) is 0 Å². The van der Waals surface area contributed by atoms with Crippen molar-refractivity contribution in [1.29, 1.82) is 5.26 Å². The summed E-state index contributed by atoms with van der Waals surface area (Å²) in [6, 6.07) is 14.5. The molecule has 1 aromatic heterocycles. The molecule has 168 valence electrons. The summed E-state index contributed by atoms with van der Waals surface area (Å²) in [5.41, 5.74) is 5.78. The first-order valence-corrected chi connectivity index (χ1v) is 10.6. The molecule has 1 heterocycles. The molecule has 7 heteroatoms. The van der Waals surface area contributed by atoms with Crippen LogP contribution in [0.1, 0.15) is 38.4 Å². The van der Waals surface area contributed by atoms with Crippen LogP contribution in [0.2, 0.25) is 5.02 Å². The van der Waals surface area contributed by atoms with Gasteiger partial charge in [0, 0.05) is 27.8 Å². The zero-order chi connectivity index (χ0) is 24.3. The summed E-state index contributed by atoms with van der Waals surface area (Å²) >= 11 is 6.13. The Balaban J connectivity index is 2.01. The molecule has 0 fully saturated rings. The Kier molecular flexibility index (Phi) is 7.05. The van der Waals surface area contributed by atoms with Gasteiger partial charge >= 0.3 is 5.97 Å². The maximum absolute atomic E-state index is 12.8. The topological polar surface area (TPSA) is 84.1 Å². The second kappa shape index (κ2) is 9.76. The zero-order valence-corrected chi connectivity index (χ0v) is 19.9. The van der Waals surface area contributed by atoms with E-state index in [2.05, 4.69) is 5.32 Å². The largest absolute Gasteiger partial charge is 0.465 e. The molecule has 0 atom stereocenters. The van der Waals surface area contributed by atoms with Crippen LogP contribution in [0.5, 0.6) is 0 Å². The first kappa shape index (κ1) is 23.8. The number of nitrogens with one attached hydrogen (secondary N) is 1. The van der Waals surface area contributed by atoms with Gasteiger partial charge < -0.3 is 14.6 Å². The second-order valence-corrected chi connectivity index (χ2v) is 8.05. The van der Waals surface area contributed by atoms with Gasteiger partial charge in [-0.3, -0.25) is 4.79 Å². The van der Waals surface area contributed by atoms with Gasteiger partial charge in [-0.2, -0.15) is 5.26 Å². The lowest BCUT2D eigenvalue weighted by molar-refractivity contribution is -0.112. The number of hydrogen-bond donors (Lipinski definition) is 1. The van der Waals surface area contributed by atoms with Gasteiger partial charge in [0.05, 0.1) is 12.7 Å². The van der Waals surface area contributed by atoms with Gasteiger partial charge in [-0.25, -0.2) is 4.79 Å². The lowest BCUT2D eigenvalue weighted by Gasteiger charge is -2.15. The molecule has 1 N–H and O–H groups in total. The van der Waals surface area contributed by atoms with E-state index in [1.807, 2.05) is 43.5 Å². The van der Waals surface area contributed by atoms with Crippen molar-refractivity contribution in [2.24, 2.45) is 0 Å². The standard InChI is InChI=1S/C26H24ClN3O3/c1-15-12-19(13-20(14-28)25(31)29-23-10-7-9-22(27)17(23)3)18(4)30(15)24-11-6-8-21(16(24)2)26(32)33-5/h6-13H,1-5H3,(H,29,31)/b20-13-. The molecule has 33 heavy (non-hydrogen) atoms. The fourth-order valence-electron chi connectivity index (χ4n) is 3.74. The number of amides is 1. The van der Waals surface area contributed by atoms with Crippen LogP contribution in [0.15, 0.2) is 48.0 Å². The van der Waals surface area contributed by atoms with Crippen LogP contribution in [-0.2, 0) is 9.53 Å². The quantitative estimate of drug-likeness (QED) is 0.300. The first-order chi connectivity index (χ1) is 15.7. The molecule has 0 aliphatic heterocycles. The average molecular weight is 462 g/mol. The predicted molar refractivity (Wildman–Crippen MR) is 130 cm³/mol. The van der Waals surface area contributed by atoms with Crippen molar-refractivity contribution < 1.29 is 14.3 Å². The Morgan fingerprint density at radius 1 is 1.09 bits per heavy atom. The smallest absolute Gasteiger partial charge is 0.338 e. The van der Waals surface area contributed by atoms with E-state index in [0.29, 0.717) is 16.3 Å². The SMILES string of the molecule is COC(=O)c1cccc(-n2c(C)cc(/C=C(/C#N)C(=O)Nc3cccc(Cl)c3C)c2C)c1C. The fourth-order valence-corrected chi connectivity index (χ4v) is 3.91. The van der Waals surface area contributed by atoms with Crippen LogP contribution in [0.25, 0.3) is 11.8 Å². The maximum Gasteiger partial charge on any atom is 0.338 e.